The van der Waals surface area contributed by atoms with Crippen molar-refractivity contribution < 1.29 is 38.4 Å². The van der Waals surface area contributed by atoms with Gasteiger partial charge >= 0.3 is 11.9 Å². The summed E-state index contributed by atoms with van der Waals surface area (Å²) in [7, 11) is 2.83. The average Bonchev–Trinajstić information content (AvgIpc) is 3.53. The van der Waals surface area contributed by atoms with E-state index in [1.807, 2.05) is 0 Å². The van der Waals surface area contributed by atoms with Crippen molar-refractivity contribution in [1.82, 2.24) is 4.98 Å². The van der Waals surface area contributed by atoms with Crippen molar-refractivity contribution in [3.63, 3.8) is 0 Å². The van der Waals surface area contributed by atoms with E-state index in [4.69, 9.17) is 18.9 Å². The number of ether oxygens (including phenoxy) is 4. The Morgan fingerprint density at radius 2 is 1.70 bits per heavy atom. The number of aliphatic hydroxyl groups excluding tert-OH is 1. The second kappa shape index (κ2) is 10.0. The highest BCUT2D eigenvalue weighted by atomic mass is 32.1. The molecule has 0 radical (unpaired) electrons. The Labute approximate surface area is 232 Å². The number of aromatic nitrogens is 1. The van der Waals surface area contributed by atoms with Gasteiger partial charge in [0.2, 0.25) is 0 Å². The maximum absolute atomic E-state index is 13.5. The summed E-state index contributed by atoms with van der Waals surface area (Å²) in [5, 5.41) is 11.7. The summed E-state index contributed by atoms with van der Waals surface area (Å²) >= 11 is 1.22. The molecule has 0 bridgehead atoms. The molecule has 2 aliphatic heterocycles. The van der Waals surface area contributed by atoms with Crippen LogP contribution in [0.1, 0.15) is 27.5 Å². The van der Waals surface area contributed by atoms with E-state index in [-0.39, 0.29) is 22.0 Å². The summed E-state index contributed by atoms with van der Waals surface area (Å²) in [6, 6.07) is 15.4. The molecule has 4 aromatic rings. The fourth-order valence-corrected chi connectivity index (χ4v) is 5.75. The van der Waals surface area contributed by atoms with Crippen LogP contribution in [0, 0.1) is 0 Å². The van der Waals surface area contributed by atoms with Gasteiger partial charge in [-0.2, -0.15) is 0 Å². The van der Waals surface area contributed by atoms with Gasteiger partial charge in [0.1, 0.15) is 24.7 Å². The molecule has 1 amide bonds. The van der Waals surface area contributed by atoms with Gasteiger partial charge in [0.05, 0.1) is 41.6 Å². The number of thiazole rings is 1. The number of esters is 1. The molecule has 0 spiro atoms. The van der Waals surface area contributed by atoms with Crippen molar-refractivity contribution in [3.8, 4) is 17.2 Å². The van der Waals surface area contributed by atoms with Crippen LogP contribution in [0.15, 0.2) is 66.2 Å². The predicted octanol–water partition coefficient (Wildman–Crippen LogP) is 4.49. The van der Waals surface area contributed by atoms with E-state index in [0.29, 0.717) is 47.1 Å². The molecule has 0 unspecified atom stereocenters. The second-order valence-electron chi connectivity index (χ2n) is 8.97. The zero-order valence-electron chi connectivity index (χ0n) is 21.4. The fraction of sp³-hybridized carbons (Fsp3) is 0.172. The number of amides is 1. The van der Waals surface area contributed by atoms with Crippen molar-refractivity contribution >= 4 is 50.1 Å². The Morgan fingerprint density at radius 3 is 2.42 bits per heavy atom. The number of nitrogens with zero attached hydrogens (tertiary/aromatic N) is 2. The topological polar surface area (TPSA) is 124 Å². The summed E-state index contributed by atoms with van der Waals surface area (Å²) < 4.78 is 22.1. The first-order valence-corrected chi connectivity index (χ1v) is 13.0. The maximum Gasteiger partial charge on any atom is 0.337 e. The molecule has 3 aromatic carbocycles. The van der Waals surface area contributed by atoms with Gasteiger partial charge < -0.3 is 24.1 Å². The van der Waals surface area contributed by atoms with Crippen LogP contribution in [0.5, 0.6) is 17.2 Å². The monoisotopic (exact) mass is 558 g/mol. The minimum Gasteiger partial charge on any atom is -0.507 e. The second-order valence-corrected chi connectivity index (χ2v) is 9.98. The molecule has 1 saturated heterocycles. The summed E-state index contributed by atoms with van der Waals surface area (Å²) in [6.07, 6.45) is 0. The van der Waals surface area contributed by atoms with Gasteiger partial charge in [-0.15, -0.1) is 0 Å². The SMILES string of the molecule is COC(=O)c1ccc([C@@H]2/C(=C(\O)c3ccc4c(c3)OCCO4)C(=O)C(=O)N2c2nc3ccc(OC)cc3s2)cc1. The molecule has 10 nitrogen and oxygen atoms in total. The smallest absolute Gasteiger partial charge is 0.337 e. The summed E-state index contributed by atoms with van der Waals surface area (Å²) in [5.41, 5.74) is 1.57. The van der Waals surface area contributed by atoms with Crippen LogP contribution in [-0.4, -0.2) is 55.2 Å². The van der Waals surface area contributed by atoms with E-state index in [2.05, 4.69) is 4.98 Å². The maximum atomic E-state index is 13.5. The minimum atomic E-state index is -1.03. The number of hydrogen-bond donors (Lipinski definition) is 1. The summed E-state index contributed by atoms with van der Waals surface area (Å²) in [4.78, 5) is 45.0. The van der Waals surface area contributed by atoms with Crippen molar-refractivity contribution in [2.45, 2.75) is 6.04 Å². The third-order valence-electron chi connectivity index (χ3n) is 6.70. The van der Waals surface area contributed by atoms with Gasteiger partial charge in [-0.1, -0.05) is 23.5 Å². The number of carbonyl (C=O) groups is 3. The molecule has 2 aliphatic rings. The number of methoxy groups -OCH3 is 2. The Morgan fingerprint density at radius 1 is 0.975 bits per heavy atom. The molecule has 1 fully saturated rings. The van der Waals surface area contributed by atoms with Crippen LogP contribution in [0.25, 0.3) is 16.0 Å². The Bertz CT molecular complexity index is 1710. The lowest BCUT2D eigenvalue weighted by molar-refractivity contribution is -0.132. The quantitative estimate of drug-likeness (QED) is 0.163. The summed E-state index contributed by atoms with van der Waals surface area (Å²) in [6.45, 7) is 0.746. The molecule has 0 saturated carbocycles. The van der Waals surface area contributed by atoms with Crippen molar-refractivity contribution in [3.05, 3.63) is 82.9 Å². The van der Waals surface area contributed by atoms with Crippen LogP contribution in [0.3, 0.4) is 0 Å². The molecule has 6 rings (SSSR count). The number of anilines is 1. The van der Waals surface area contributed by atoms with Crippen LogP contribution in [0.2, 0.25) is 0 Å². The molecule has 1 aromatic heterocycles. The molecule has 0 aliphatic carbocycles. The number of benzene rings is 3. The van der Waals surface area contributed by atoms with Crippen molar-refractivity contribution in [2.75, 3.05) is 32.3 Å². The molecular formula is C29H22N2O8S. The Kier molecular flexibility index (Phi) is 6.35. The van der Waals surface area contributed by atoms with E-state index >= 15 is 0 Å². The molecule has 202 valence electrons. The lowest BCUT2D eigenvalue weighted by atomic mass is 9.94. The zero-order chi connectivity index (χ0) is 28.0. The van der Waals surface area contributed by atoms with Crippen molar-refractivity contribution in [2.24, 2.45) is 0 Å². The van der Waals surface area contributed by atoms with E-state index in [9.17, 15) is 19.5 Å². The van der Waals surface area contributed by atoms with E-state index < -0.39 is 23.7 Å². The molecule has 1 atom stereocenters. The number of rotatable bonds is 5. The van der Waals surface area contributed by atoms with Gasteiger partial charge in [-0.3, -0.25) is 14.5 Å². The average molecular weight is 559 g/mol. The number of hydrogen-bond acceptors (Lipinski definition) is 10. The molecule has 1 N–H and O–H groups in total. The highest BCUT2D eigenvalue weighted by Gasteiger charge is 2.48. The number of Topliss-reactive ketones (excluding diaryl/α,β-unsaturated/α-hetero) is 1. The Balaban J connectivity index is 1.52. The first kappa shape index (κ1) is 25.4. The van der Waals surface area contributed by atoms with Crippen molar-refractivity contribution in [1.29, 1.82) is 0 Å². The standard InChI is InChI=1S/C29H22N2O8S/c1-36-18-8-9-19-22(14-18)40-29(30-19)31-24(15-3-5-16(6-4-15)28(35)37-2)23(26(33)27(31)34)25(32)17-7-10-20-21(13-17)39-12-11-38-20/h3-10,13-14,24,32H,11-12H2,1-2H3/b25-23+/t24-/m1/s1. The van der Waals surface area contributed by atoms with Crippen LogP contribution >= 0.6 is 11.3 Å². The van der Waals surface area contributed by atoms with E-state index in [0.717, 1.165) is 4.70 Å². The predicted molar refractivity (Wildman–Crippen MR) is 146 cm³/mol. The third kappa shape index (κ3) is 4.20. The van der Waals surface area contributed by atoms with Gasteiger partial charge in [0, 0.05) is 5.56 Å². The number of fused-ring (bicyclic) bond motifs is 2. The van der Waals surface area contributed by atoms with Crippen LogP contribution in [-0.2, 0) is 14.3 Å². The van der Waals surface area contributed by atoms with Gasteiger partial charge in [-0.05, 0) is 54.1 Å². The number of ketones is 1. The number of aliphatic hydroxyl groups is 1. The van der Waals surface area contributed by atoms with E-state index in [1.165, 1.54) is 35.5 Å². The normalized spacial score (nSPS) is 17.8. The molecule has 3 heterocycles. The molecular weight excluding hydrogens is 536 g/mol. The highest BCUT2D eigenvalue weighted by molar-refractivity contribution is 7.22. The molecule has 11 heteroatoms. The van der Waals surface area contributed by atoms with Crippen LogP contribution < -0.4 is 19.1 Å². The number of carbonyl (C=O) groups excluding carboxylic acids is 3. The molecule has 40 heavy (non-hydrogen) atoms. The van der Waals surface area contributed by atoms with Gasteiger partial charge in [0.15, 0.2) is 16.6 Å². The lowest BCUT2D eigenvalue weighted by Crippen LogP contribution is -2.29. The first-order chi connectivity index (χ1) is 19.4. The first-order valence-electron chi connectivity index (χ1n) is 12.2. The summed E-state index contributed by atoms with van der Waals surface area (Å²) in [5.74, 6) is -1.05. The van der Waals surface area contributed by atoms with E-state index in [1.54, 1.807) is 55.6 Å². The van der Waals surface area contributed by atoms with Crippen LogP contribution in [0.4, 0.5) is 5.13 Å². The van der Waals surface area contributed by atoms with Gasteiger partial charge in [0.25, 0.3) is 5.78 Å². The van der Waals surface area contributed by atoms with Gasteiger partial charge in [-0.25, -0.2) is 9.78 Å². The third-order valence-corrected chi connectivity index (χ3v) is 7.72. The lowest BCUT2D eigenvalue weighted by Gasteiger charge is -2.23. The minimum absolute atomic E-state index is 0.121. The zero-order valence-corrected chi connectivity index (χ0v) is 22.2. The fourth-order valence-electron chi connectivity index (χ4n) is 4.73. The largest absolute Gasteiger partial charge is 0.507 e. The highest BCUT2D eigenvalue weighted by Crippen LogP contribution is 2.45. The Hall–Kier alpha value is -4.90.